The number of fused-ring (bicyclic) bond motifs is 1. The molecule has 0 saturated carbocycles. The number of nitrogens with zero attached hydrogens (tertiary/aromatic N) is 2. The SMILES string of the molecule is C=C1N(c2cccc(C)c2)c2cc(F)c(C(=O)CC3(C)CCS(=O)(=O)CC3)cc2N1C(C)C. The molecule has 4 rings (SSSR count). The Morgan fingerprint density at radius 3 is 2.42 bits per heavy atom. The minimum atomic E-state index is -3.04. The molecule has 2 aromatic carbocycles. The van der Waals surface area contributed by atoms with Crippen molar-refractivity contribution >= 4 is 32.7 Å². The van der Waals surface area contributed by atoms with Crippen LogP contribution in [0.1, 0.15) is 56.0 Å². The van der Waals surface area contributed by atoms with Crippen molar-refractivity contribution in [3.8, 4) is 0 Å². The van der Waals surface area contributed by atoms with Crippen LogP contribution in [0.15, 0.2) is 48.8 Å². The van der Waals surface area contributed by atoms with Gasteiger partial charge in [0.2, 0.25) is 0 Å². The first-order chi connectivity index (χ1) is 15.4. The molecule has 2 heterocycles. The highest BCUT2D eigenvalue weighted by Crippen LogP contribution is 2.48. The lowest BCUT2D eigenvalue weighted by Gasteiger charge is -2.32. The molecular weight excluding hydrogens is 439 g/mol. The van der Waals surface area contributed by atoms with Crippen LogP contribution in [-0.4, -0.2) is 31.7 Å². The Balaban J connectivity index is 1.71. The van der Waals surface area contributed by atoms with Gasteiger partial charge in [-0.1, -0.05) is 25.6 Å². The van der Waals surface area contributed by atoms with E-state index in [0.29, 0.717) is 24.4 Å². The standard InChI is InChI=1S/C26H31FN2O3S/c1-17(2)28-19(4)29(20-8-6-7-18(3)13-20)24-15-22(27)21(14-23(24)28)25(30)16-26(5)9-11-33(31,32)12-10-26/h6-8,13-15,17H,4,9-12,16H2,1-3,5H3. The number of hydrogen-bond acceptors (Lipinski definition) is 5. The zero-order valence-corrected chi connectivity index (χ0v) is 20.5. The number of aryl methyl sites for hydroxylation is 1. The summed E-state index contributed by atoms with van der Waals surface area (Å²) in [5.41, 5.74) is 2.98. The molecule has 5 nitrogen and oxygen atoms in total. The van der Waals surface area contributed by atoms with E-state index in [2.05, 4.69) is 6.58 Å². The number of benzene rings is 2. The highest BCUT2D eigenvalue weighted by Gasteiger charge is 2.38. The Kier molecular flexibility index (Phi) is 5.89. The zero-order chi connectivity index (χ0) is 24.1. The Bertz CT molecular complexity index is 1220. The zero-order valence-electron chi connectivity index (χ0n) is 19.7. The van der Waals surface area contributed by atoms with Gasteiger partial charge in [-0.15, -0.1) is 0 Å². The van der Waals surface area contributed by atoms with Crippen molar-refractivity contribution in [3.63, 3.8) is 0 Å². The largest absolute Gasteiger partial charge is 0.324 e. The van der Waals surface area contributed by atoms with E-state index in [-0.39, 0.29) is 35.3 Å². The summed E-state index contributed by atoms with van der Waals surface area (Å²) in [6.07, 6.45) is 0.968. The second-order valence-corrected chi connectivity index (χ2v) is 12.2. The van der Waals surface area contributed by atoms with Gasteiger partial charge in [-0.2, -0.15) is 0 Å². The fourth-order valence-electron chi connectivity index (χ4n) is 4.84. The van der Waals surface area contributed by atoms with E-state index < -0.39 is 21.1 Å². The minimum Gasteiger partial charge on any atom is -0.324 e. The van der Waals surface area contributed by atoms with Gasteiger partial charge in [0.05, 0.1) is 28.4 Å². The first-order valence-corrected chi connectivity index (χ1v) is 13.1. The summed E-state index contributed by atoms with van der Waals surface area (Å²) in [7, 11) is -3.04. The topological polar surface area (TPSA) is 57.7 Å². The van der Waals surface area contributed by atoms with Gasteiger partial charge < -0.3 is 4.90 Å². The Hall–Kier alpha value is -2.67. The van der Waals surface area contributed by atoms with Gasteiger partial charge in [0.1, 0.15) is 21.5 Å². The maximum atomic E-state index is 15.3. The molecule has 0 radical (unpaired) electrons. The summed E-state index contributed by atoms with van der Waals surface area (Å²) in [6, 6.07) is 11.1. The molecule has 0 aliphatic carbocycles. The summed E-state index contributed by atoms with van der Waals surface area (Å²) in [4.78, 5) is 17.2. The van der Waals surface area contributed by atoms with Crippen molar-refractivity contribution in [2.24, 2.45) is 5.41 Å². The average molecular weight is 471 g/mol. The molecule has 1 fully saturated rings. The minimum absolute atomic E-state index is 0.0490. The van der Waals surface area contributed by atoms with Crippen molar-refractivity contribution in [1.82, 2.24) is 0 Å². The van der Waals surface area contributed by atoms with Gasteiger partial charge in [-0.25, -0.2) is 12.8 Å². The lowest BCUT2D eigenvalue weighted by molar-refractivity contribution is 0.0907. The smallest absolute Gasteiger partial charge is 0.166 e. The first kappa shape index (κ1) is 23.5. The third-order valence-electron chi connectivity index (χ3n) is 6.80. The number of carbonyl (C=O) groups excluding carboxylic acids is 1. The lowest BCUT2D eigenvalue weighted by atomic mass is 9.78. The second kappa shape index (κ2) is 8.28. The molecule has 0 bridgehead atoms. The summed E-state index contributed by atoms with van der Waals surface area (Å²) in [5, 5.41) is 0. The number of halogens is 1. The van der Waals surface area contributed by atoms with Crippen molar-refractivity contribution in [2.75, 3.05) is 21.3 Å². The monoisotopic (exact) mass is 470 g/mol. The molecule has 0 amide bonds. The summed E-state index contributed by atoms with van der Waals surface area (Å²) >= 11 is 0. The second-order valence-electron chi connectivity index (χ2n) is 9.94. The van der Waals surface area contributed by atoms with Crippen LogP contribution in [0.25, 0.3) is 0 Å². The number of anilines is 3. The van der Waals surface area contributed by atoms with Gasteiger partial charge in [0.25, 0.3) is 0 Å². The van der Waals surface area contributed by atoms with E-state index in [0.717, 1.165) is 16.9 Å². The van der Waals surface area contributed by atoms with E-state index >= 15 is 4.39 Å². The Morgan fingerprint density at radius 1 is 1.15 bits per heavy atom. The van der Waals surface area contributed by atoms with Crippen molar-refractivity contribution in [1.29, 1.82) is 0 Å². The van der Waals surface area contributed by atoms with Crippen LogP contribution >= 0.6 is 0 Å². The number of sulfone groups is 1. The highest BCUT2D eigenvalue weighted by atomic mass is 32.2. The predicted molar refractivity (Wildman–Crippen MR) is 131 cm³/mol. The fraction of sp³-hybridized carbons (Fsp3) is 0.423. The third kappa shape index (κ3) is 4.43. The maximum Gasteiger partial charge on any atom is 0.166 e. The number of Topliss-reactive ketones (excluding diaryl/α,β-unsaturated/α-hetero) is 1. The Labute approximate surface area is 195 Å². The van der Waals surface area contributed by atoms with E-state index in [1.807, 2.05) is 61.8 Å². The summed E-state index contributed by atoms with van der Waals surface area (Å²) < 4.78 is 39.0. The van der Waals surface area contributed by atoms with Gasteiger partial charge in [-0.05, 0) is 62.8 Å². The lowest BCUT2D eigenvalue weighted by Crippen LogP contribution is -2.33. The molecular formula is C26H31FN2O3S. The molecule has 2 aliphatic heterocycles. The van der Waals surface area contributed by atoms with Crippen LogP contribution in [0, 0.1) is 18.2 Å². The van der Waals surface area contributed by atoms with E-state index in [4.69, 9.17) is 0 Å². The molecule has 0 aromatic heterocycles. The number of carbonyl (C=O) groups is 1. The first-order valence-electron chi connectivity index (χ1n) is 11.3. The quantitative estimate of drug-likeness (QED) is 0.520. The molecule has 0 spiro atoms. The molecule has 2 aromatic rings. The average Bonchev–Trinajstić information content (AvgIpc) is 3.00. The van der Waals surface area contributed by atoms with E-state index in [1.54, 1.807) is 6.07 Å². The van der Waals surface area contributed by atoms with Crippen molar-refractivity contribution in [3.05, 3.63) is 65.7 Å². The molecule has 0 atom stereocenters. The van der Waals surface area contributed by atoms with Crippen LogP contribution < -0.4 is 9.80 Å². The predicted octanol–water partition coefficient (Wildman–Crippen LogP) is 5.76. The highest BCUT2D eigenvalue weighted by molar-refractivity contribution is 7.91. The molecule has 7 heteroatoms. The summed E-state index contributed by atoms with van der Waals surface area (Å²) in [6.45, 7) is 12.3. The number of hydrogen-bond donors (Lipinski definition) is 0. The van der Waals surface area contributed by atoms with Crippen LogP contribution in [0.4, 0.5) is 21.5 Å². The van der Waals surface area contributed by atoms with Crippen LogP contribution in [0.5, 0.6) is 0 Å². The molecule has 2 aliphatic rings. The van der Waals surface area contributed by atoms with Crippen LogP contribution in [-0.2, 0) is 9.84 Å². The maximum absolute atomic E-state index is 15.3. The molecule has 33 heavy (non-hydrogen) atoms. The van der Waals surface area contributed by atoms with Gasteiger partial charge in [0.15, 0.2) is 5.78 Å². The van der Waals surface area contributed by atoms with Gasteiger partial charge in [-0.3, -0.25) is 9.69 Å². The van der Waals surface area contributed by atoms with Gasteiger partial charge >= 0.3 is 0 Å². The van der Waals surface area contributed by atoms with Gasteiger partial charge in [0, 0.05) is 24.2 Å². The van der Waals surface area contributed by atoms with E-state index in [9.17, 15) is 13.2 Å². The fourth-order valence-corrected chi connectivity index (χ4v) is 6.66. The van der Waals surface area contributed by atoms with Crippen LogP contribution in [0.2, 0.25) is 0 Å². The van der Waals surface area contributed by atoms with E-state index in [1.165, 1.54) is 6.07 Å². The molecule has 1 saturated heterocycles. The van der Waals surface area contributed by atoms with Crippen LogP contribution in [0.3, 0.4) is 0 Å². The summed E-state index contributed by atoms with van der Waals surface area (Å²) in [5.74, 6) is 0.00687. The molecule has 176 valence electrons. The molecule has 0 unspecified atom stereocenters. The van der Waals surface area contributed by atoms with Crippen molar-refractivity contribution in [2.45, 2.75) is 53.0 Å². The number of rotatable bonds is 5. The molecule has 0 N–H and O–H groups in total. The Morgan fingerprint density at radius 2 is 1.82 bits per heavy atom. The third-order valence-corrected chi connectivity index (χ3v) is 8.45. The van der Waals surface area contributed by atoms with Crippen molar-refractivity contribution < 1.29 is 17.6 Å². The number of ketones is 1. The normalized spacial score (nSPS) is 19.2.